The molecule has 2 N–H and O–H groups in total. The number of anilines is 1. The fourth-order valence-electron chi connectivity index (χ4n) is 4.00. The Balaban J connectivity index is 1.65. The minimum Gasteiger partial charge on any atom is -0.383 e. The van der Waals surface area contributed by atoms with Crippen LogP contribution in [0.5, 0.6) is 0 Å². The molecule has 1 atom stereocenters. The Morgan fingerprint density at radius 1 is 1.36 bits per heavy atom. The lowest BCUT2D eigenvalue weighted by Gasteiger charge is -2.45. The van der Waals surface area contributed by atoms with E-state index in [1.54, 1.807) is 19.2 Å². The molecular formula is C20H29FN4O2S. The van der Waals surface area contributed by atoms with Gasteiger partial charge >= 0.3 is 0 Å². The highest BCUT2D eigenvalue weighted by Crippen LogP contribution is 2.34. The first-order valence-electron chi connectivity index (χ1n) is 9.76. The van der Waals surface area contributed by atoms with Gasteiger partial charge in [-0.3, -0.25) is 10.1 Å². The van der Waals surface area contributed by atoms with E-state index in [-0.39, 0.29) is 29.3 Å². The predicted octanol–water partition coefficient (Wildman–Crippen LogP) is 2.42. The summed E-state index contributed by atoms with van der Waals surface area (Å²) < 4.78 is 18.3. The van der Waals surface area contributed by atoms with Crippen LogP contribution in [0.1, 0.15) is 26.7 Å². The van der Waals surface area contributed by atoms with Gasteiger partial charge in [0.2, 0.25) is 5.91 Å². The van der Waals surface area contributed by atoms with E-state index in [9.17, 15) is 9.18 Å². The van der Waals surface area contributed by atoms with Crippen LogP contribution in [0.25, 0.3) is 0 Å². The fraction of sp³-hybridized carbons (Fsp3) is 0.600. The lowest BCUT2D eigenvalue weighted by atomic mass is 9.96. The first kappa shape index (κ1) is 21.0. The Morgan fingerprint density at radius 3 is 2.57 bits per heavy atom. The van der Waals surface area contributed by atoms with Gasteiger partial charge in [-0.25, -0.2) is 4.39 Å². The zero-order valence-electron chi connectivity index (χ0n) is 16.7. The zero-order chi connectivity index (χ0) is 20.3. The summed E-state index contributed by atoms with van der Waals surface area (Å²) in [6.07, 6.45) is 1.58. The molecule has 8 heteroatoms. The van der Waals surface area contributed by atoms with E-state index in [4.69, 9.17) is 17.0 Å². The van der Waals surface area contributed by atoms with E-state index < -0.39 is 0 Å². The molecule has 0 aliphatic carbocycles. The summed E-state index contributed by atoms with van der Waals surface area (Å²) in [4.78, 5) is 17.0. The number of benzene rings is 1. The molecular weight excluding hydrogens is 379 g/mol. The number of amides is 1. The van der Waals surface area contributed by atoms with Crippen LogP contribution in [0.4, 0.5) is 10.1 Å². The number of thiocarbonyl (C=S) groups is 1. The molecule has 2 heterocycles. The second-order valence-electron chi connectivity index (χ2n) is 7.80. The van der Waals surface area contributed by atoms with Crippen molar-refractivity contribution in [2.75, 3.05) is 38.7 Å². The number of piperidine rings is 1. The standard InChI is InChI=1S/C20H29FN4O2S/c1-14(2)17-18(26)25(12-13-27-3)20(23-17)8-10-24(11-9-20)19(28)22-16-6-4-15(21)5-7-16/h4-7,14,17,23H,8-13H2,1-3H3,(H,22,28). The fourth-order valence-corrected chi connectivity index (χ4v) is 4.30. The van der Waals surface area contributed by atoms with Crippen LogP contribution in [0.15, 0.2) is 24.3 Å². The highest BCUT2D eigenvalue weighted by atomic mass is 32.1. The number of nitrogens with one attached hydrogen (secondary N) is 2. The van der Waals surface area contributed by atoms with Crippen LogP contribution in [0.3, 0.4) is 0 Å². The molecule has 0 saturated carbocycles. The van der Waals surface area contributed by atoms with Gasteiger partial charge in [0, 0.05) is 45.3 Å². The number of rotatable bonds is 5. The Kier molecular flexibility index (Phi) is 6.52. The van der Waals surface area contributed by atoms with Gasteiger partial charge in [-0.15, -0.1) is 0 Å². The number of methoxy groups -OCH3 is 1. The summed E-state index contributed by atoms with van der Waals surface area (Å²) in [6.45, 7) is 6.72. The Hall–Kier alpha value is -1.77. The molecule has 2 aliphatic rings. The molecule has 2 fully saturated rings. The Bertz CT molecular complexity index is 705. The number of carbonyl (C=O) groups excluding carboxylic acids is 1. The summed E-state index contributed by atoms with van der Waals surface area (Å²) >= 11 is 5.54. The van der Waals surface area contributed by atoms with Crippen LogP contribution in [0, 0.1) is 11.7 Å². The largest absolute Gasteiger partial charge is 0.383 e. The maximum atomic E-state index is 13.1. The molecule has 2 aliphatic heterocycles. The first-order valence-corrected chi connectivity index (χ1v) is 10.2. The number of ether oxygens (including phenoxy) is 1. The van der Waals surface area contributed by atoms with Crippen LogP contribution < -0.4 is 10.6 Å². The highest BCUT2D eigenvalue weighted by molar-refractivity contribution is 7.80. The number of carbonyl (C=O) groups is 1. The van der Waals surface area contributed by atoms with Gasteiger partial charge < -0.3 is 19.9 Å². The molecule has 0 bridgehead atoms. The average Bonchev–Trinajstić information content (AvgIpc) is 2.94. The van der Waals surface area contributed by atoms with Crippen LogP contribution in [0.2, 0.25) is 0 Å². The molecule has 6 nitrogen and oxygen atoms in total. The van der Waals surface area contributed by atoms with E-state index in [1.807, 2.05) is 4.90 Å². The van der Waals surface area contributed by atoms with Crippen molar-refractivity contribution in [2.45, 2.75) is 38.4 Å². The smallest absolute Gasteiger partial charge is 0.241 e. The molecule has 1 unspecified atom stereocenters. The molecule has 1 amide bonds. The van der Waals surface area contributed by atoms with E-state index in [0.29, 0.717) is 18.3 Å². The predicted molar refractivity (Wildman–Crippen MR) is 112 cm³/mol. The number of hydrogen-bond donors (Lipinski definition) is 2. The van der Waals surface area contributed by atoms with E-state index >= 15 is 0 Å². The minimum atomic E-state index is -0.341. The topological polar surface area (TPSA) is 56.8 Å². The van der Waals surface area contributed by atoms with Crippen molar-refractivity contribution in [3.63, 3.8) is 0 Å². The van der Waals surface area contributed by atoms with Crippen molar-refractivity contribution < 1.29 is 13.9 Å². The summed E-state index contributed by atoms with van der Waals surface area (Å²) in [6, 6.07) is 6.00. The monoisotopic (exact) mass is 408 g/mol. The Labute approximate surface area is 171 Å². The molecule has 0 radical (unpaired) electrons. The first-order chi connectivity index (χ1) is 13.4. The third-order valence-corrected chi connectivity index (χ3v) is 5.99. The van der Waals surface area contributed by atoms with Gasteiger partial charge in [0.15, 0.2) is 5.11 Å². The minimum absolute atomic E-state index is 0.160. The van der Waals surface area contributed by atoms with Crippen molar-refractivity contribution in [1.82, 2.24) is 15.1 Å². The lowest BCUT2D eigenvalue weighted by Crippen LogP contribution is -2.60. The summed E-state index contributed by atoms with van der Waals surface area (Å²) in [7, 11) is 1.66. The molecule has 1 spiro atoms. The quantitative estimate of drug-likeness (QED) is 0.730. The number of hydrogen-bond acceptors (Lipinski definition) is 4. The maximum absolute atomic E-state index is 13.1. The van der Waals surface area contributed by atoms with Crippen molar-refractivity contribution in [3.05, 3.63) is 30.1 Å². The van der Waals surface area contributed by atoms with E-state index in [2.05, 4.69) is 29.4 Å². The summed E-state index contributed by atoms with van der Waals surface area (Å²) in [5, 5.41) is 7.41. The van der Waals surface area contributed by atoms with Crippen LogP contribution in [-0.2, 0) is 9.53 Å². The van der Waals surface area contributed by atoms with Gasteiger partial charge in [0.05, 0.1) is 18.3 Å². The van der Waals surface area contributed by atoms with Gasteiger partial charge in [0.1, 0.15) is 5.82 Å². The number of halogens is 1. The second-order valence-corrected chi connectivity index (χ2v) is 8.19. The number of likely N-dealkylation sites (tertiary alicyclic amines) is 1. The molecule has 154 valence electrons. The van der Waals surface area contributed by atoms with E-state index in [0.717, 1.165) is 31.6 Å². The Morgan fingerprint density at radius 2 is 2.00 bits per heavy atom. The molecule has 1 aromatic rings. The highest BCUT2D eigenvalue weighted by Gasteiger charge is 2.52. The SMILES string of the molecule is COCCN1C(=O)C(C(C)C)NC12CCN(C(=S)Nc1ccc(F)cc1)CC2. The van der Waals surface area contributed by atoms with E-state index in [1.165, 1.54) is 12.1 Å². The molecule has 3 rings (SSSR count). The van der Waals surface area contributed by atoms with Crippen molar-refractivity contribution in [1.29, 1.82) is 0 Å². The van der Waals surface area contributed by atoms with Gasteiger partial charge in [-0.2, -0.15) is 0 Å². The second kappa shape index (κ2) is 8.71. The number of nitrogens with zero attached hydrogens (tertiary/aromatic N) is 2. The van der Waals surface area contributed by atoms with Crippen LogP contribution >= 0.6 is 12.2 Å². The molecule has 28 heavy (non-hydrogen) atoms. The molecule has 0 aromatic heterocycles. The van der Waals surface area contributed by atoms with Gasteiger partial charge in [-0.05, 0) is 42.4 Å². The zero-order valence-corrected chi connectivity index (χ0v) is 17.5. The molecule has 1 aromatic carbocycles. The third kappa shape index (κ3) is 4.29. The van der Waals surface area contributed by atoms with Crippen molar-refractivity contribution in [3.8, 4) is 0 Å². The third-order valence-electron chi connectivity index (χ3n) is 5.63. The van der Waals surface area contributed by atoms with Crippen LogP contribution in [-0.4, -0.2) is 65.9 Å². The molecule has 2 saturated heterocycles. The van der Waals surface area contributed by atoms with Crippen molar-refractivity contribution in [2.24, 2.45) is 5.92 Å². The normalized spacial score (nSPS) is 21.6. The maximum Gasteiger partial charge on any atom is 0.241 e. The lowest BCUT2D eigenvalue weighted by molar-refractivity contribution is -0.134. The summed E-state index contributed by atoms with van der Waals surface area (Å²) in [5.41, 5.74) is 0.425. The average molecular weight is 409 g/mol. The summed E-state index contributed by atoms with van der Waals surface area (Å²) in [5.74, 6) is 0.118. The van der Waals surface area contributed by atoms with Gasteiger partial charge in [-0.1, -0.05) is 13.8 Å². The van der Waals surface area contributed by atoms with Crippen molar-refractivity contribution >= 4 is 28.9 Å². The van der Waals surface area contributed by atoms with Gasteiger partial charge in [0.25, 0.3) is 0 Å².